The number of aromatic amines is 1. The van der Waals surface area contributed by atoms with Gasteiger partial charge in [0.1, 0.15) is 48.3 Å². The molecule has 6 rings (SSSR count). The van der Waals surface area contributed by atoms with Gasteiger partial charge in [-0.05, 0) is 61.7 Å². The second-order valence-electron chi connectivity index (χ2n) is 12.7. The molecule has 51 heavy (non-hydrogen) atoms. The third kappa shape index (κ3) is 7.42. The van der Waals surface area contributed by atoms with Crippen molar-refractivity contribution in [3.63, 3.8) is 0 Å². The van der Waals surface area contributed by atoms with E-state index in [0.29, 0.717) is 17.9 Å². The van der Waals surface area contributed by atoms with Crippen LogP contribution in [0.25, 0.3) is 33.0 Å². The van der Waals surface area contributed by atoms with Gasteiger partial charge in [-0.25, -0.2) is 9.59 Å². The number of fused-ring (bicyclic) bond motifs is 2. The summed E-state index contributed by atoms with van der Waals surface area (Å²) in [5.41, 5.74) is 2.35. The van der Waals surface area contributed by atoms with Crippen molar-refractivity contribution in [1.82, 2.24) is 15.0 Å². The molecule has 6 atom stereocenters. The number of hydrogen-bond donors (Lipinski definition) is 6. The fourth-order valence-corrected chi connectivity index (χ4v) is 5.94. The lowest BCUT2D eigenvalue weighted by Gasteiger charge is -2.41. The van der Waals surface area contributed by atoms with Crippen LogP contribution in [-0.4, -0.2) is 92.5 Å². The quantitative estimate of drug-likeness (QED) is 0.0769. The standard InChI is InChI=1S/C36H39N3O12/c1-18(2)4-11-25-28-20(12-13-38-28)15-39(25)51-33-32(43)31(42)27(17-48-35(46)29(37-3)34(44)45)50-36(33)49-22-9-10-23-26(14-22)47-16-24(30(23)41)19-5-7-21(40)8-6-19/h5-10,12-16,18,27,29,31-33,36-38,40,42-43H,4,11,17H2,1-3H3,(H,44,45)/t27-,29+,31-,32+,33-,36-/m0/s1. The number of likely N-dealkylation sites (N-methyl/N-ethyl adjacent to an activating group) is 1. The molecule has 1 aliphatic rings. The maximum Gasteiger partial charge on any atom is 0.334 e. The Bertz CT molecular complexity index is 2070. The molecule has 1 fully saturated rings. The molecule has 0 bridgehead atoms. The summed E-state index contributed by atoms with van der Waals surface area (Å²) in [6.45, 7) is 3.58. The number of aryl methyl sites for hydroxylation is 1. The van der Waals surface area contributed by atoms with Gasteiger partial charge in [0.05, 0.1) is 28.4 Å². The average Bonchev–Trinajstić information content (AvgIpc) is 3.68. The highest BCUT2D eigenvalue weighted by atomic mass is 16.8. The number of carboxylic acids is 1. The molecule has 1 aliphatic heterocycles. The number of hydrogen-bond acceptors (Lipinski definition) is 12. The van der Waals surface area contributed by atoms with Crippen LogP contribution >= 0.6 is 0 Å². The molecule has 2 aromatic carbocycles. The second-order valence-corrected chi connectivity index (χ2v) is 12.7. The normalized spacial score (nSPS) is 21.2. The number of esters is 1. The molecule has 0 amide bonds. The van der Waals surface area contributed by atoms with Crippen LogP contribution < -0.4 is 20.3 Å². The number of rotatable bonds is 13. The summed E-state index contributed by atoms with van der Waals surface area (Å²) < 4.78 is 24.7. The number of nitrogens with zero attached hydrogens (tertiary/aromatic N) is 1. The van der Waals surface area contributed by atoms with E-state index < -0.39 is 55.3 Å². The number of aliphatic hydroxyl groups is 2. The number of aromatic hydroxyl groups is 1. The molecule has 4 heterocycles. The molecule has 270 valence electrons. The number of aliphatic carboxylic acids is 1. The van der Waals surface area contributed by atoms with Crippen molar-refractivity contribution in [3.05, 3.63) is 83.1 Å². The number of phenols is 1. The summed E-state index contributed by atoms with van der Waals surface area (Å²) in [4.78, 5) is 46.8. The summed E-state index contributed by atoms with van der Waals surface area (Å²) in [5.74, 6) is -1.99. The van der Waals surface area contributed by atoms with Gasteiger partial charge in [-0.3, -0.25) is 10.1 Å². The Morgan fingerprint density at radius 3 is 2.55 bits per heavy atom. The van der Waals surface area contributed by atoms with Crippen molar-refractivity contribution >= 4 is 33.8 Å². The molecule has 1 saturated heterocycles. The van der Waals surface area contributed by atoms with Gasteiger partial charge < -0.3 is 48.9 Å². The smallest absolute Gasteiger partial charge is 0.334 e. The van der Waals surface area contributed by atoms with E-state index in [0.717, 1.165) is 23.0 Å². The molecule has 5 aromatic rings. The monoisotopic (exact) mass is 705 g/mol. The zero-order chi connectivity index (χ0) is 36.4. The van der Waals surface area contributed by atoms with Crippen molar-refractivity contribution in [1.29, 1.82) is 0 Å². The third-order valence-electron chi connectivity index (χ3n) is 8.77. The maximum atomic E-state index is 13.4. The highest BCUT2D eigenvalue weighted by Crippen LogP contribution is 2.30. The number of carboxylic acid groups (broad SMARTS) is 1. The first-order chi connectivity index (χ1) is 24.4. The lowest BCUT2D eigenvalue weighted by atomic mass is 9.99. The fraction of sp³-hybridized carbons (Fsp3) is 0.361. The number of phenolic OH excluding ortho intramolecular Hbond substituents is 1. The highest BCUT2D eigenvalue weighted by molar-refractivity contribution is 5.98. The van der Waals surface area contributed by atoms with Crippen molar-refractivity contribution < 1.29 is 53.5 Å². The summed E-state index contributed by atoms with van der Waals surface area (Å²) in [5, 5.41) is 44.9. The molecule has 0 spiro atoms. The molecule has 15 heteroatoms. The molecule has 0 radical (unpaired) electrons. The minimum atomic E-state index is -1.66. The van der Waals surface area contributed by atoms with E-state index >= 15 is 0 Å². The summed E-state index contributed by atoms with van der Waals surface area (Å²) in [6.07, 6.45) is -1.09. The van der Waals surface area contributed by atoms with Crippen molar-refractivity contribution in [2.45, 2.75) is 63.4 Å². The molecular weight excluding hydrogens is 666 g/mol. The average molecular weight is 706 g/mol. The van der Waals surface area contributed by atoms with E-state index in [2.05, 4.69) is 24.1 Å². The third-order valence-corrected chi connectivity index (χ3v) is 8.77. The molecule has 0 unspecified atom stereocenters. The maximum absolute atomic E-state index is 13.4. The lowest BCUT2D eigenvalue weighted by molar-refractivity contribution is -0.288. The van der Waals surface area contributed by atoms with E-state index in [1.54, 1.807) is 18.3 Å². The Balaban J connectivity index is 1.30. The zero-order valence-electron chi connectivity index (χ0n) is 28.0. The molecule has 3 aromatic heterocycles. The number of ether oxygens (including phenoxy) is 3. The van der Waals surface area contributed by atoms with Crippen LogP contribution in [0, 0.1) is 5.92 Å². The minimum Gasteiger partial charge on any atom is -0.508 e. The molecule has 6 N–H and O–H groups in total. The SMILES string of the molecule is CN[C@H](C(=O)O)C(=O)OC[C@@H]1O[C@H](Oc2ccc3c(=O)c(-c4ccc(O)cc4)coc3c2)[C@@H](On2cc3cc[nH]c3c2CCC(C)C)[C@H](O)[C@H]1O. The first-order valence-electron chi connectivity index (χ1n) is 16.4. The van der Waals surface area contributed by atoms with E-state index in [9.17, 15) is 34.8 Å². The van der Waals surface area contributed by atoms with Crippen LogP contribution in [-0.2, 0) is 25.5 Å². The van der Waals surface area contributed by atoms with Gasteiger partial charge in [0.15, 0.2) is 5.43 Å². The number of aliphatic hydroxyl groups excluding tert-OH is 2. The van der Waals surface area contributed by atoms with Gasteiger partial charge in [-0.2, -0.15) is 4.73 Å². The predicted octanol–water partition coefficient (Wildman–Crippen LogP) is 2.58. The van der Waals surface area contributed by atoms with Crippen LogP contribution in [0.4, 0.5) is 0 Å². The Morgan fingerprint density at radius 1 is 1.08 bits per heavy atom. The Morgan fingerprint density at radius 2 is 1.84 bits per heavy atom. The van der Waals surface area contributed by atoms with Gasteiger partial charge in [0, 0.05) is 17.6 Å². The first-order valence-corrected chi connectivity index (χ1v) is 16.4. The van der Waals surface area contributed by atoms with Crippen molar-refractivity contribution in [2.24, 2.45) is 5.92 Å². The highest BCUT2D eigenvalue weighted by Gasteiger charge is 2.49. The van der Waals surface area contributed by atoms with Gasteiger partial charge in [0.2, 0.25) is 18.4 Å². The molecule has 0 aliphatic carbocycles. The zero-order valence-corrected chi connectivity index (χ0v) is 28.0. The van der Waals surface area contributed by atoms with Crippen LogP contribution in [0.15, 0.2) is 76.4 Å². The van der Waals surface area contributed by atoms with Gasteiger partial charge in [-0.1, -0.05) is 26.0 Å². The summed E-state index contributed by atoms with van der Waals surface area (Å²) >= 11 is 0. The number of nitrogens with one attached hydrogen (secondary N) is 2. The van der Waals surface area contributed by atoms with Gasteiger partial charge in [-0.15, -0.1) is 0 Å². The Kier molecular flexibility index (Phi) is 10.3. The Labute approximate surface area is 290 Å². The van der Waals surface area contributed by atoms with Crippen LogP contribution in [0.5, 0.6) is 11.5 Å². The summed E-state index contributed by atoms with van der Waals surface area (Å²) in [6, 6.07) is 10.8. The van der Waals surface area contributed by atoms with Crippen molar-refractivity contribution in [3.8, 4) is 22.6 Å². The molecule has 0 saturated carbocycles. The number of H-pyrrole nitrogens is 1. The number of benzene rings is 2. The number of aromatic nitrogens is 2. The molecule has 15 nitrogen and oxygen atoms in total. The van der Waals surface area contributed by atoms with Gasteiger partial charge >= 0.3 is 11.9 Å². The van der Waals surface area contributed by atoms with E-state index in [4.69, 9.17) is 23.5 Å². The van der Waals surface area contributed by atoms with E-state index in [-0.39, 0.29) is 33.5 Å². The lowest BCUT2D eigenvalue weighted by Crippen LogP contribution is -2.63. The van der Waals surface area contributed by atoms with Gasteiger partial charge in [0.25, 0.3) is 0 Å². The minimum absolute atomic E-state index is 0.0551. The molecular formula is C36H39N3O12. The summed E-state index contributed by atoms with van der Waals surface area (Å²) in [7, 11) is 1.28. The van der Waals surface area contributed by atoms with Crippen LogP contribution in [0.1, 0.15) is 26.0 Å². The second kappa shape index (κ2) is 14.9. The number of carbonyl (C=O) groups is 2. The Hall–Kier alpha value is -5.35. The van der Waals surface area contributed by atoms with Crippen LogP contribution in [0.3, 0.4) is 0 Å². The van der Waals surface area contributed by atoms with E-state index in [1.165, 1.54) is 48.4 Å². The topological polar surface area (TPSA) is 215 Å². The predicted molar refractivity (Wildman–Crippen MR) is 182 cm³/mol. The van der Waals surface area contributed by atoms with Crippen molar-refractivity contribution in [2.75, 3.05) is 13.7 Å². The first kappa shape index (κ1) is 35.5. The van der Waals surface area contributed by atoms with Crippen LogP contribution in [0.2, 0.25) is 0 Å². The number of carbonyl (C=O) groups excluding carboxylic acids is 1. The fourth-order valence-electron chi connectivity index (χ4n) is 5.94. The van der Waals surface area contributed by atoms with E-state index in [1.807, 2.05) is 12.3 Å². The largest absolute Gasteiger partial charge is 0.508 e.